The molecule has 2 aromatic carbocycles. The molecule has 0 radical (unpaired) electrons. The molecule has 0 aliphatic carbocycles. The zero-order valence-electron chi connectivity index (χ0n) is 12.6. The zero-order chi connectivity index (χ0) is 17.8. The lowest BCUT2D eigenvalue weighted by molar-refractivity contribution is -0.113. The van der Waals surface area contributed by atoms with E-state index >= 15 is 0 Å². The third-order valence-corrected chi connectivity index (χ3v) is 4.69. The summed E-state index contributed by atoms with van der Waals surface area (Å²) in [5.41, 5.74) is 1.03. The summed E-state index contributed by atoms with van der Waals surface area (Å²) in [5, 5.41) is 20.8. The molecule has 0 spiro atoms. The van der Waals surface area contributed by atoms with Crippen molar-refractivity contribution in [3.63, 3.8) is 0 Å². The third-order valence-electron chi connectivity index (χ3n) is 3.05. The Morgan fingerprint density at radius 2 is 2.00 bits per heavy atom. The number of hydrogen-bond acceptors (Lipinski definition) is 6. The number of anilines is 1. The van der Waals surface area contributed by atoms with Crippen molar-refractivity contribution in [2.45, 2.75) is 5.22 Å². The number of carbonyl (C=O) groups is 1. The Morgan fingerprint density at radius 3 is 2.80 bits per heavy atom. The van der Waals surface area contributed by atoms with Crippen LogP contribution in [0, 0.1) is 0 Å². The van der Waals surface area contributed by atoms with E-state index in [9.17, 15) is 9.90 Å². The number of phenols is 1. The number of amides is 1. The lowest BCUT2D eigenvalue weighted by Gasteiger charge is -2.07. The van der Waals surface area contributed by atoms with Gasteiger partial charge in [0.2, 0.25) is 11.8 Å². The molecule has 0 atom stereocenters. The Labute approximate surface area is 157 Å². The van der Waals surface area contributed by atoms with Crippen molar-refractivity contribution in [3.8, 4) is 17.2 Å². The number of carbonyl (C=O) groups excluding carboxylic acids is 1. The number of hydrogen-bond donors (Lipinski definition) is 2. The molecule has 0 aliphatic heterocycles. The zero-order valence-corrected chi connectivity index (χ0v) is 14.9. The molecule has 1 aromatic heterocycles. The Kier molecular flexibility index (Phi) is 5.47. The lowest BCUT2D eigenvalue weighted by Crippen LogP contribution is -2.14. The number of thioether (sulfide) groups is 1. The average Bonchev–Trinajstić information content (AvgIpc) is 3.06. The van der Waals surface area contributed by atoms with Crippen molar-refractivity contribution in [1.29, 1.82) is 0 Å². The van der Waals surface area contributed by atoms with Crippen molar-refractivity contribution in [1.82, 2.24) is 10.2 Å². The second-order valence-electron chi connectivity index (χ2n) is 4.86. The van der Waals surface area contributed by atoms with E-state index in [0.717, 1.165) is 11.8 Å². The van der Waals surface area contributed by atoms with Gasteiger partial charge in [-0.25, -0.2) is 0 Å². The quantitative estimate of drug-likeness (QED) is 0.619. The van der Waals surface area contributed by atoms with Gasteiger partial charge in [0.1, 0.15) is 5.75 Å². The Morgan fingerprint density at radius 1 is 1.20 bits per heavy atom. The fraction of sp³-hybridized carbons (Fsp3) is 0.0625. The number of halogens is 2. The molecule has 6 nitrogen and oxygen atoms in total. The highest BCUT2D eigenvalue weighted by Gasteiger charge is 2.13. The Bertz CT molecular complexity index is 917. The van der Waals surface area contributed by atoms with Crippen LogP contribution in [0.2, 0.25) is 10.0 Å². The molecule has 1 heterocycles. The number of rotatable bonds is 5. The smallest absolute Gasteiger partial charge is 0.277 e. The standard InChI is InChI=1S/C16H11Cl2N3O3S/c17-11-5-2-6-12(14(11)18)19-13(23)8-25-16-21-20-15(24-16)9-3-1-4-10(22)7-9/h1-7,22H,8H2,(H,19,23). The van der Waals surface area contributed by atoms with Gasteiger partial charge in [-0.2, -0.15) is 0 Å². The van der Waals surface area contributed by atoms with E-state index in [1.54, 1.807) is 36.4 Å². The van der Waals surface area contributed by atoms with Gasteiger partial charge >= 0.3 is 0 Å². The molecule has 2 N–H and O–H groups in total. The minimum absolute atomic E-state index is 0.0600. The van der Waals surface area contributed by atoms with Crippen molar-refractivity contribution in [2.75, 3.05) is 11.1 Å². The van der Waals surface area contributed by atoms with Gasteiger partial charge in [-0.15, -0.1) is 10.2 Å². The minimum atomic E-state index is -0.286. The first kappa shape index (κ1) is 17.6. The van der Waals surface area contributed by atoms with Gasteiger partial charge in [-0.1, -0.05) is 47.1 Å². The maximum Gasteiger partial charge on any atom is 0.277 e. The van der Waals surface area contributed by atoms with Crippen LogP contribution in [0.5, 0.6) is 5.75 Å². The average molecular weight is 396 g/mol. The van der Waals surface area contributed by atoms with Gasteiger partial charge in [-0.05, 0) is 30.3 Å². The molecular weight excluding hydrogens is 385 g/mol. The van der Waals surface area contributed by atoms with E-state index in [4.69, 9.17) is 27.6 Å². The summed E-state index contributed by atoms with van der Waals surface area (Å²) >= 11 is 13.0. The monoisotopic (exact) mass is 395 g/mol. The van der Waals surface area contributed by atoms with Crippen molar-refractivity contribution in [3.05, 3.63) is 52.5 Å². The maximum atomic E-state index is 12.0. The van der Waals surface area contributed by atoms with E-state index in [2.05, 4.69) is 15.5 Å². The molecule has 9 heteroatoms. The fourth-order valence-electron chi connectivity index (χ4n) is 1.94. The summed E-state index contributed by atoms with van der Waals surface area (Å²) in [5.74, 6) is 0.135. The van der Waals surface area contributed by atoms with E-state index in [1.165, 1.54) is 6.07 Å². The van der Waals surface area contributed by atoms with E-state index in [-0.39, 0.29) is 33.5 Å². The highest BCUT2D eigenvalue weighted by molar-refractivity contribution is 7.99. The van der Waals surface area contributed by atoms with Crippen LogP contribution in [0.4, 0.5) is 5.69 Å². The van der Waals surface area contributed by atoms with E-state index < -0.39 is 0 Å². The van der Waals surface area contributed by atoms with Gasteiger partial charge in [0, 0.05) is 5.56 Å². The fourth-order valence-corrected chi connectivity index (χ4v) is 2.85. The van der Waals surface area contributed by atoms with Crippen LogP contribution >= 0.6 is 35.0 Å². The molecule has 0 aliphatic rings. The van der Waals surface area contributed by atoms with Gasteiger partial charge in [0.25, 0.3) is 5.22 Å². The largest absolute Gasteiger partial charge is 0.508 e. The number of phenolic OH excluding ortho intramolecular Hbond substituents is 1. The Hall–Kier alpha value is -2.22. The first-order chi connectivity index (χ1) is 12.0. The minimum Gasteiger partial charge on any atom is -0.508 e. The van der Waals surface area contributed by atoms with Crippen molar-refractivity contribution in [2.24, 2.45) is 0 Å². The molecule has 0 saturated heterocycles. The second-order valence-corrected chi connectivity index (χ2v) is 6.57. The number of aromatic nitrogens is 2. The summed E-state index contributed by atoms with van der Waals surface area (Å²) in [4.78, 5) is 12.0. The van der Waals surface area contributed by atoms with Crippen LogP contribution in [0.15, 0.2) is 52.1 Å². The molecule has 0 fully saturated rings. The van der Waals surface area contributed by atoms with Gasteiger partial charge in [-0.3, -0.25) is 4.79 Å². The molecule has 0 saturated carbocycles. The molecule has 3 aromatic rings. The molecule has 25 heavy (non-hydrogen) atoms. The van der Waals surface area contributed by atoms with Crippen LogP contribution < -0.4 is 5.32 Å². The predicted molar refractivity (Wildman–Crippen MR) is 97.2 cm³/mol. The van der Waals surface area contributed by atoms with Crippen LogP contribution in [0.3, 0.4) is 0 Å². The number of benzene rings is 2. The SMILES string of the molecule is O=C(CSc1nnc(-c2cccc(O)c2)o1)Nc1cccc(Cl)c1Cl. The second kappa shape index (κ2) is 7.77. The highest BCUT2D eigenvalue weighted by Crippen LogP contribution is 2.30. The van der Waals surface area contributed by atoms with E-state index in [1.807, 2.05) is 0 Å². The number of nitrogens with one attached hydrogen (secondary N) is 1. The normalized spacial score (nSPS) is 10.6. The highest BCUT2D eigenvalue weighted by atomic mass is 35.5. The molecule has 0 unspecified atom stereocenters. The summed E-state index contributed by atoms with van der Waals surface area (Å²) in [6, 6.07) is 11.4. The van der Waals surface area contributed by atoms with Crippen LogP contribution in [-0.4, -0.2) is 27.0 Å². The van der Waals surface area contributed by atoms with E-state index in [0.29, 0.717) is 16.3 Å². The topological polar surface area (TPSA) is 88.2 Å². The third kappa shape index (κ3) is 4.45. The number of nitrogens with zero attached hydrogens (tertiary/aromatic N) is 2. The summed E-state index contributed by atoms with van der Waals surface area (Å²) < 4.78 is 5.47. The predicted octanol–water partition coefficient (Wildman–Crippen LogP) is 4.48. The van der Waals surface area contributed by atoms with Gasteiger partial charge in [0.05, 0.1) is 21.5 Å². The van der Waals surface area contributed by atoms with Crippen LogP contribution in [-0.2, 0) is 4.79 Å². The summed E-state index contributed by atoms with van der Waals surface area (Å²) in [6.07, 6.45) is 0. The summed E-state index contributed by atoms with van der Waals surface area (Å²) in [7, 11) is 0. The Balaban J connectivity index is 1.60. The van der Waals surface area contributed by atoms with Crippen LogP contribution in [0.1, 0.15) is 0 Å². The molecule has 0 bridgehead atoms. The first-order valence-electron chi connectivity index (χ1n) is 7.02. The molecule has 1 amide bonds. The number of aromatic hydroxyl groups is 1. The van der Waals surface area contributed by atoms with Crippen LogP contribution in [0.25, 0.3) is 11.5 Å². The van der Waals surface area contributed by atoms with Crippen molar-refractivity contribution >= 4 is 46.6 Å². The maximum absolute atomic E-state index is 12.0. The summed E-state index contributed by atoms with van der Waals surface area (Å²) in [6.45, 7) is 0. The van der Waals surface area contributed by atoms with Gasteiger partial charge < -0.3 is 14.8 Å². The molecule has 128 valence electrons. The lowest BCUT2D eigenvalue weighted by atomic mass is 10.2. The molecule has 3 rings (SSSR count). The first-order valence-corrected chi connectivity index (χ1v) is 8.76. The molecular formula is C16H11Cl2N3O3S. The van der Waals surface area contributed by atoms with Crippen molar-refractivity contribution < 1.29 is 14.3 Å². The van der Waals surface area contributed by atoms with Gasteiger partial charge in [0.15, 0.2) is 0 Å².